The molecule has 0 N–H and O–H groups in total. The van der Waals surface area contributed by atoms with Gasteiger partial charge in [-0.1, -0.05) is 38.6 Å². The van der Waals surface area contributed by atoms with E-state index in [9.17, 15) is 4.39 Å². The van der Waals surface area contributed by atoms with Crippen LogP contribution in [-0.4, -0.2) is 0 Å². The summed E-state index contributed by atoms with van der Waals surface area (Å²) in [6.07, 6.45) is 2.79. The number of halogens is 1. The van der Waals surface area contributed by atoms with Crippen molar-refractivity contribution >= 4 is 5.57 Å². The molecule has 0 saturated carbocycles. The number of aromatic nitrogens is 1. The predicted octanol–water partition coefficient (Wildman–Crippen LogP) is 5.04. The zero-order valence-electron chi connectivity index (χ0n) is 13.4. The number of hydrogen-bond donors (Lipinski definition) is 0. The van der Waals surface area contributed by atoms with Crippen molar-refractivity contribution in [2.75, 3.05) is 0 Å². The summed E-state index contributed by atoms with van der Waals surface area (Å²) >= 11 is 0. The van der Waals surface area contributed by atoms with Crippen molar-refractivity contribution in [2.45, 2.75) is 45.3 Å². The van der Waals surface area contributed by atoms with Gasteiger partial charge >= 0.3 is 0 Å². The second-order valence-corrected chi connectivity index (χ2v) is 6.13. The summed E-state index contributed by atoms with van der Waals surface area (Å²) in [5.41, 5.74) is 5.25. The molecule has 2 heteroatoms. The van der Waals surface area contributed by atoms with E-state index in [0.717, 1.165) is 41.8 Å². The molecule has 2 aromatic rings. The van der Waals surface area contributed by atoms with E-state index < -0.39 is 6.67 Å². The fraction of sp³-hybridized carbons (Fsp3) is 0.350. The topological polar surface area (TPSA) is 3.88 Å². The number of nitrogens with zero attached hydrogens (tertiary/aromatic N) is 1. The predicted molar refractivity (Wildman–Crippen MR) is 89.1 cm³/mol. The minimum absolute atomic E-state index is 0.103. The van der Waals surface area contributed by atoms with E-state index in [1.54, 1.807) is 0 Å². The smallest absolute Gasteiger partial charge is 0.213 e. The molecule has 1 nitrogen and oxygen atoms in total. The molecule has 114 valence electrons. The van der Waals surface area contributed by atoms with Gasteiger partial charge in [0.15, 0.2) is 12.2 Å². The van der Waals surface area contributed by atoms with Crippen LogP contribution in [0.15, 0.2) is 49.0 Å². The van der Waals surface area contributed by atoms with Crippen LogP contribution in [0.2, 0.25) is 0 Å². The van der Waals surface area contributed by atoms with Crippen LogP contribution in [0.1, 0.15) is 44.4 Å². The molecule has 1 aromatic carbocycles. The summed E-state index contributed by atoms with van der Waals surface area (Å²) in [6.45, 7) is 8.28. The Balaban J connectivity index is 2.41. The second-order valence-electron chi connectivity index (χ2n) is 6.13. The van der Waals surface area contributed by atoms with Gasteiger partial charge in [0.1, 0.15) is 0 Å². The van der Waals surface area contributed by atoms with Crippen molar-refractivity contribution in [2.24, 2.45) is 0 Å². The van der Waals surface area contributed by atoms with Gasteiger partial charge in [-0.3, -0.25) is 0 Å². The maximum atomic E-state index is 13.7. The molecule has 1 aromatic heterocycles. The van der Waals surface area contributed by atoms with Gasteiger partial charge in [-0.15, -0.1) is 0 Å². The summed E-state index contributed by atoms with van der Waals surface area (Å²) in [5, 5.41) is 0. The summed E-state index contributed by atoms with van der Waals surface area (Å²) in [6, 6.07) is 14.3. The first-order chi connectivity index (χ1) is 10.7. The van der Waals surface area contributed by atoms with Crippen LogP contribution in [0, 0.1) is 0 Å². The number of benzene rings is 1. The molecule has 0 bridgehead atoms. The number of rotatable bonds is 3. The van der Waals surface area contributed by atoms with Crippen molar-refractivity contribution in [1.29, 1.82) is 0 Å². The van der Waals surface area contributed by atoms with E-state index in [4.69, 9.17) is 0 Å². The van der Waals surface area contributed by atoms with E-state index in [1.807, 2.05) is 18.2 Å². The van der Waals surface area contributed by atoms with Gasteiger partial charge in [0.05, 0.1) is 5.56 Å². The van der Waals surface area contributed by atoms with Crippen molar-refractivity contribution in [1.82, 2.24) is 0 Å². The Labute approximate surface area is 132 Å². The quantitative estimate of drug-likeness (QED) is 0.698. The Morgan fingerprint density at radius 1 is 1.05 bits per heavy atom. The molecule has 3 rings (SSSR count). The SMILES string of the molecule is C=C1CC(CC)(CC)[n+]2c(CF)cccc2-c2ccccc21. The van der Waals surface area contributed by atoms with Gasteiger partial charge in [-0.2, -0.15) is 4.57 Å². The zero-order valence-corrected chi connectivity index (χ0v) is 13.4. The summed E-state index contributed by atoms with van der Waals surface area (Å²) in [7, 11) is 0. The van der Waals surface area contributed by atoms with E-state index in [0.29, 0.717) is 0 Å². The van der Waals surface area contributed by atoms with Gasteiger partial charge in [0, 0.05) is 31.4 Å². The van der Waals surface area contributed by atoms with E-state index in [1.165, 1.54) is 5.56 Å². The lowest BCUT2D eigenvalue weighted by molar-refractivity contribution is -0.762. The lowest BCUT2D eigenvalue weighted by Gasteiger charge is -2.28. The van der Waals surface area contributed by atoms with Crippen LogP contribution in [0.25, 0.3) is 16.8 Å². The highest BCUT2D eigenvalue weighted by Gasteiger charge is 2.44. The van der Waals surface area contributed by atoms with Crippen LogP contribution < -0.4 is 4.57 Å². The lowest BCUT2D eigenvalue weighted by atomic mass is 9.84. The molecule has 0 saturated heterocycles. The highest BCUT2D eigenvalue weighted by Crippen LogP contribution is 2.40. The maximum Gasteiger partial charge on any atom is 0.213 e. The van der Waals surface area contributed by atoms with Crippen LogP contribution in [0.4, 0.5) is 4.39 Å². The summed E-state index contributed by atoms with van der Waals surface area (Å²) in [4.78, 5) is 0. The molecular formula is C20H23FN+. The Bertz CT molecular complexity index is 713. The minimum atomic E-state index is -0.440. The van der Waals surface area contributed by atoms with Crippen LogP contribution in [0.5, 0.6) is 0 Å². The van der Waals surface area contributed by atoms with Gasteiger partial charge in [-0.25, -0.2) is 4.39 Å². The Hall–Kier alpha value is -1.96. The fourth-order valence-corrected chi connectivity index (χ4v) is 3.83. The first kappa shape index (κ1) is 15.0. The van der Waals surface area contributed by atoms with Crippen molar-refractivity contribution < 1.29 is 8.96 Å². The summed E-state index contributed by atoms with van der Waals surface area (Å²) < 4.78 is 15.9. The third kappa shape index (κ3) is 2.09. The molecule has 1 aliphatic heterocycles. The first-order valence-corrected chi connectivity index (χ1v) is 8.04. The molecule has 0 spiro atoms. The third-order valence-corrected chi connectivity index (χ3v) is 5.12. The number of fused-ring (bicyclic) bond motifs is 3. The molecule has 0 amide bonds. The number of hydrogen-bond acceptors (Lipinski definition) is 0. The highest BCUT2D eigenvalue weighted by atomic mass is 19.1. The number of pyridine rings is 1. The Morgan fingerprint density at radius 2 is 1.73 bits per heavy atom. The fourth-order valence-electron chi connectivity index (χ4n) is 3.83. The number of alkyl halides is 1. The van der Waals surface area contributed by atoms with Gasteiger partial charge in [0.25, 0.3) is 0 Å². The zero-order chi connectivity index (χ0) is 15.7. The van der Waals surface area contributed by atoms with Crippen LogP contribution in [-0.2, 0) is 12.2 Å². The van der Waals surface area contributed by atoms with E-state index in [-0.39, 0.29) is 5.54 Å². The Morgan fingerprint density at radius 3 is 2.36 bits per heavy atom. The lowest BCUT2D eigenvalue weighted by Crippen LogP contribution is -2.58. The second kappa shape index (κ2) is 5.68. The molecule has 0 aliphatic carbocycles. The normalized spacial score (nSPS) is 15.9. The monoisotopic (exact) mass is 296 g/mol. The molecule has 0 atom stereocenters. The van der Waals surface area contributed by atoms with Gasteiger partial charge in [0.2, 0.25) is 11.4 Å². The molecule has 22 heavy (non-hydrogen) atoms. The molecule has 2 heterocycles. The molecule has 1 aliphatic rings. The van der Waals surface area contributed by atoms with Gasteiger partial charge < -0.3 is 0 Å². The van der Waals surface area contributed by atoms with Crippen molar-refractivity contribution in [3.05, 3.63) is 60.3 Å². The standard InChI is InChI=1S/C20H23FN/c1-4-20(5-2)13-15(3)17-10-6-7-11-18(17)19-12-8-9-16(14-21)22(19)20/h6-12H,3-5,13-14H2,1-2H3/q+1. The van der Waals surface area contributed by atoms with Crippen molar-refractivity contribution in [3.8, 4) is 11.3 Å². The minimum Gasteiger partial charge on any atom is -0.239 e. The molecule has 0 fully saturated rings. The van der Waals surface area contributed by atoms with Crippen molar-refractivity contribution in [3.63, 3.8) is 0 Å². The average Bonchev–Trinajstić information content (AvgIpc) is 2.69. The largest absolute Gasteiger partial charge is 0.239 e. The molecule has 0 radical (unpaired) electrons. The third-order valence-electron chi connectivity index (χ3n) is 5.12. The summed E-state index contributed by atoms with van der Waals surface area (Å²) in [5.74, 6) is 0. The Kier molecular flexibility index (Phi) is 3.86. The highest BCUT2D eigenvalue weighted by molar-refractivity contribution is 5.79. The van der Waals surface area contributed by atoms with Crippen LogP contribution >= 0.6 is 0 Å². The van der Waals surface area contributed by atoms with Crippen LogP contribution in [0.3, 0.4) is 0 Å². The van der Waals surface area contributed by atoms with Gasteiger partial charge in [-0.05, 0) is 23.3 Å². The average molecular weight is 296 g/mol. The van der Waals surface area contributed by atoms with E-state index in [2.05, 4.69) is 49.3 Å². The number of allylic oxidation sites excluding steroid dienone is 1. The first-order valence-electron chi connectivity index (χ1n) is 8.04. The van der Waals surface area contributed by atoms with E-state index >= 15 is 0 Å². The maximum absolute atomic E-state index is 13.7. The molecular weight excluding hydrogens is 273 g/mol. The molecule has 0 unspecified atom stereocenters.